The van der Waals surface area contributed by atoms with Crippen molar-refractivity contribution in [2.75, 3.05) is 13.7 Å². The number of carbonyl (C=O) groups excluding carboxylic acids is 1. The first-order valence-corrected chi connectivity index (χ1v) is 10.5. The van der Waals surface area contributed by atoms with Gasteiger partial charge in [0.25, 0.3) is 0 Å². The zero-order chi connectivity index (χ0) is 23.5. The first-order chi connectivity index (χ1) is 15.9. The highest BCUT2D eigenvalue weighted by atomic mass is 19.1. The van der Waals surface area contributed by atoms with Crippen LogP contribution in [0.5, 0.6) is 0 Å². The van der Waals surface area contributed by atoms with Crippen LogP contribution in [0.25, 0.3) is 11.3 Å². The molecule has 1 aliphatic rings. The van der Waals surface area contributed by atoms with Crippen molar-refractivity contribution in [3.63, 3.8) is 0 Å². The van der Waals surface area contributed by atoms with Crippen LogP contribution < -0.4 is 0 Å². The van der Waals surface area contributed by atoms with Gasteiger partial charge in [0.1, 0.15) is 35.9 Å². The summed E-state index contributed by atoms with van der Waals surface area (Å²) in [6.07, 6.45) is -3.37. The van der Waals surface area contributed by atoms with Gasteiger partial charge < -0.3 is 25.0 Å². The smallest absolute Gasteiger partial charge is 0.228 e. The summed E-state index contributed by atoms with van der Waals surface area (Å²) in [7, 11) is 1.49. The van der Waals surface area contributed by atoms with Gasteiger partial charge in [0.2, 0.25) is 5.91 Å². The van der Waals surface area contributed by atoms with Crippen molar-refractivity contribution in [1.29, 1.82) is 0 Å². The third-order valence-electron chi connectivity index (χ3n) is 5.78. The van der Waals surface area contributed by atoms with E-state index in [4.69, 9.17) is 4.74 Å². The number of benzene rings is 2. The van der Waals surface area contributed by atoms with Gasteiger partial charge in [-0.05, 0) is 17.7 Å². The fraction of sp³-hybridized carbons (Fsp3) is 0.348. The molecule has 0 spiro atoms. The first kappa shape index (κ1) is 23.0. The summed E-state index contributed by atoms with van der Waals surface area (Å²) in [4.78, 5) is 14.1. The molecular formula is C23H25FN4O5. The van der Waals surface area contributed by atoms with E-state index in [0.717, 1.165) is 5.56 Å². The number of nitrogens with zero attached hydrogens (tertiary/aromatic N) is 4. The van der Waals surface area contributed by atoms with E-state index >= 15 is 0 Å². The van der Waals surface area contributed by atoms with E-state index in [0.29, 0.717) is 11.3 Å². The molecule has 1 fully saturated rings. The molecule has 9 nitrogen and oxygen atoms in total. The fourth-order valence-corrected chi connectivity index (χ4v) is 3.95. The van der Waals surface area contributed by atoms with Crippen LogP contribution in [0.3, 0.4) is 0 Å². The van der Waals surface area contributed by atoms with Gasteiger partial charge in [-0.3, -0.25) is 4.79 Å². The lowest BCUT2D eigenvalue weighted by Gasteiger charge is -2.45. The van der Waals surface area contributed by atoms with Gasteiger partial charge >= 0.3 is 0 Å². The van der Waals surface area contributed by atoms with E-state index in [-0.39, 0.29) is 12.3 Å². The molecule has 0 saturated carbocycles. The Morgan fingerprint density at radius 1 is 1.15 bits per heavy atom. The summed E-state index contributed by atoms with van der Waals surface area (Å²) in [5.74, 6) is -0.747. The Kier molecular flexibility index (Phi) is 6.80. The Hall–Kier alpha value is -3.18. The van der Waals surface area contributed by atoms with Crippen molar-refractivity contribution < 1.29 is 29.2 Å². The SMILES string of the molecule is CN(C(=O)Cc1ccccc1)[C@@H]1O[C@H](CO)[C@H](O)[C@H](n2cc(-c3cccc(F)c3)nn2)[C@H]1O. The van der Waals surface area contributed by atoms with E-state index in [1.807, 2.05) is 30.3 Å². The molecule has 2 aromatic carbocycles. The predicted octanol–water partition coefficient (Wildman–Crippen LogP) is 0.765. The number of halogens is 1. The van der Waals surface area contributed by atoms with Crippen molar-refractivity contribution in [2.45, 2.75) is 37.0 Å². The lowest BCUT2D eigenvalue weighted by Crippen LogP contribution is -2.61. The maximum absolute atomic E-state index is 13.6. The van der Waals surface area contributed by atoms with Gasteiger partial charge in [-0.2, -0.15) is 0 Å². The molecule has 1 amide bonds. The predicted molar refractivity (Wildman–Crippen MR) is 115 cm³/mol. The van der Waals surface area contributed by atoms with E-state index in [1.54, 1.807) is 6.07 Å². The highest BCUT2D eigenvalue weighted by molar-refractivity contribution is 5.78. The quantitative estimate of drug-likeness (QED) is 0.501. The second-order valence-electron chi connectivity index (χ2n) is 7.98. The molecular weight excluding hydrogens is 431 g/mol. The Labute approximate surface area is 189 Å². The number of ether oxygens (including phenoxy) is 1. The lowest BCUT2D eigenvalue weighted by atomic mass is 9.94. The second kappa shape index (κ2) is 9.75. The van der Waals surface area contributed by atoms with Crippen molar-refractivity contribution in [2.24, 2.45) is 0 Å². The second-order valence-corrected chi connectivity index (χ2v) is 7.98. The van der Waals surface area contributed by atoms with Crippen LogP contribution in [0.15, 0.2) is 60.8 Å². The van der Waals surface area contributed by atoms with Gasteiger partial charge in [0.05, 0.1) is 19.2 Å². The minimum absolute atomic E-state index is 0.0912. The molecule has 33 heavy (non-hydrogen) atoms. The molecule has 1 saturated heterocycles. The van der Waals surface area contributed by atoms with Crippen LogP contribution in [0.4, 0.5) is 4.39 Å². The van der Waals surface area contributed by atoms with Crippen LogP contribution >= 0.6 is 0 Å². The number of likely N-dealkylation sites (N-methyl/N-ethyl adjacent to an activating group) is 1. The summed E-state index contributed by atoms with van der Waals surface area (Å²) in [5, 5.41) is 39.6. The molecule has 0 radical (unpaired) electrons. The zero-order valence-corrected chi connectivity index (χ0v) is 17.9. The molecule has 1 aromatic heterocycles. The molecule has 4 rings (SSSR count). The van der Waals surface area contributed by atoms with Gasteiger partial charge in [0.15, 0.2) is 6.23 Å². The van der Waals surface area contributed by atoms with Gasteiger partial charge in [-0.25, -0.2) is 9.07 Å². The largest absolute Gasteiger partial charge is 0.394 e. The zero-order valence-electron chi connectivity index (χ0n) is 17.9. The molecule has 5 atom stereocenters. The van der Waals surface area contributed by atoms with E-state index < -0.39 is 43.0 Å². The summed E-state index contributed by atoms with van der Waals surface area (Å²) in [6, 6.07) is 13.8. The van der Waals surface area contributed by atoms with Crippen LogP contribution in [0.1, 0.15) is 11.6 Å². The fourth-order valence-electron chi connectivity index (χ4n) is 3.95. The number of aliphatic hydroxyl groups excluding tert-OH is 3. The maximum Gasteiger partial charge on any atom is 0.228 e. The molecule has 1 aliphatic heterocycles. The average molecular weight is 456 g/mol. The summed E-state index contributed by atoms with van der Waals surface area (Å²) < 4.78 is 20.5. The van der Waals surface area contributed by atoms with Crippen LogP contribution in [0, 0.1) is 5.82 Å². The van der Waals surface area contributed by atoms with Crippen LogP contribution in [-0.4, -0.2) is 79.3 Å². The maximum atomic E-state index is 13.6. The van der Waals surface area contributed by atoms with E-state index in [2.05, 4.69) is 10.3 Å². The number of carbonyl (C=O) groups is 1. The molecule has 3 aromatic rings. The Morgan fingerprint density at radius 2 is 1.91 bits per heavy atom. The first-order valence-electron chi connectivity index (χ1n) is 10.5. The normalized spacial score (nSPS) is 25.1. The number of rotatable bonds is 6. The topological polar surface area (TPSA) is 121 Å². The highest BCUT2D eigenvalue weighted by Crippen LogP contribution is 2.32. The number of aromatic nitrogens is 3. The van der Waals surface area contributed by atoms with E-state index in [1.165, 1.54) is 41.0 Å². The molecule has 2 heterocycles. The average Bonchev–Trinajstić information content (AvgIpc) is 3.29. The molecule has 0 bridgehead atoms. The number of aliphatic hydroxyl groups is 3. The summed E-state index contributed by atoms with van der Waals surface area (Å²) in [5.41, 5.74) is 1.61. The van der Waals surface area contributed by atoms with Crippen molar-refractivity contribution in [3.8, 4) is 11.3 Å². The lowest BCUT2D eigenvalue weighted by molar-refractivity contribution is -0.241. The van der Waals surface area contributed by atoms with Crippen LogP contribution in [0.2, 0.25) is 0 Å². The molecule has 10 heteroatoms. The van der Waals surface area contributed by atoms with Crippen LogP contribution in [-0.2, 0) is 16.0 Å². The number of hydrogen-bond acceptors (Lipinski definition) is 7. The Balaban J connectivity index is 1.58. The monoisotopic (exact) mass is 456 g/mol. The molecule has 0 unspecified atom stereocenters. The number of amides is 1. The minimum atomic E-state index is -1.38. The molecule has 0 aliphatic carbocycles. The third kappa shape index (κ3) is 4.79. The molecule has 3 N–H and O–H groups in total. The van der Waals surface area contributed by atoms with Crippen molar-refractivity contribution in [3.05, 3.63) is 72.2 Å². The summed E-state index contributed by atoms with van der Waals surface area (Å²) in [6.45, 7) is -0.535. The van der Waals surface area contributed by atoms with Crippen molar-refractivity contribution in [1.82, 2.24) is 19.9 Å². The van der Waals surface area contributed by atoms with Crippen molar-refractivity contribution >= 4 is 5.91 Å². The number of hydrogen-bond donors (Lipinski definition) is 3. The van der Waals surface area contributed by atoms with Gasteiger partial charge in [-0.1, -0.05) is 47.7 Å². The summed E-state index contributed by atoms with van der Waals surface area (Å²) >= 11 is 0. The molecule has 174 valence electrons. The van der Waals surface area contributed by atoms with Gasteiger partial charge in [0, 0.05) is 12.6 Å². The Morgan fingerprint density at radius 3 is 2.61 bits per heavy atom. The highest BCUT2D eigenvalue weighted by Gasteiger charge is 2.48. The van der Waals surface area contributed by atoms with Gasteiger partial charge in [-0.15, -0.1) is 5.10 Å². The standard InChI is InChI=1S/C23H25FN4O5/c1-27(19(30)10-14-6-3-2-4-7-14)23-22(32)20(21(31)18(13-29)33-23)28-12-17(25-26-28)15-8-5-9-16(24)11-15/h2-9,11-12,18,20-23,29,31-32H,10,13H2,1H3/t18-,20+,21+,22-,23-/m1/s1. The minimum Gasteiger partial charge on any atom is -0.394 e. The third-order valence-corrected chi connectivity index (χ3v) is 5.78. The Bertz CT molecular complexity index is 1100. The van der Waals surface area contributed by atoms with E-state index in [9.17, 15) is 24.5 Å².